The van der Waals surface area contributed by atoms with Crippen LogP contribution in [0.3, 0.4) is 0 Å². The molecular formula is C8H14NO+. The molecule has 10 heavy (non-hydrogen) atoms. The molecule has 0 aliphatic heterocycles. The van der Waals surface area contributed by atoms with Crippen LogP contribution in [0, 0.1) is 5.92 Å². The third kappa shape index (κ3) is 1.67. The average Bonchev–Trinajstić information content (AvgIpc) is 1.88. The highest BCUT2D eigenvalue weighted by Gasteiger charge is 2.19. The number of quaternary nitrogens is 1. The third-order valence-electron chi connectivity index (χ3n) is 2.09. The summed E-state index contributed by atoms with van der Waals surface area (Å²) < 4.78 is 0. The number of allylic oxidation sites excluding steroid dienone is 2. The monoisotopic (exact) mass is 140 g/mol. The van der Waals surface area contributed by atoms with Gasteiger partial charge in [-0.2, -0.15) is 0 Å². The van der Waals surface area contributed by atoms with Gasteiger partial charge in [0.2, 0.25) is 0 Å². The van der Waals surface area contributed by atoms with Gasteiger partial charge in [-0.3, -0.25) is 5.73 Å². The number of carbonyl (C=O) groups is 1. The van der Waals surface area contributed by atoms with Gasteiger partial charge in [-0.25, -0.2) is 4.79 Å². The molecule has 1 aliphatic rings. The summed E-state index contributed by atoms with van der Waals surface area (Å²) in [5, 5.41) is 0. The maximum atomic E-state index is 10.8. The minimum Gasteiger partial charge on any atom is -0.294 e. The van der Waals surface area contributed by atoms with Crippen molar-refractivity contribution in [2.45, 2.75) is 26.2 Å². The topological polar surface area (TPSA) is 44.7 Å². The first-order valence-electron chi connectivity index (χ1n) is 3.71. The highest BCUT2D eigenvalue weighted by Crippen LogP contribution is 2.21. The van der Waals surface area contributed by atoms with E-state index < -0.39 is 0 Å². The number of rotatable bonds is 1. The quantitative estimate of drug-likeness (QED) is 0.530. The molecule has 56 valence electrons. The van der Waals surface area contributed by atoms with Crippen molar-refractivity contribution in [1.29, 1.82) is 0 Å². The molecule has 0 radical (unpaired) electrons. The Morgan fingerprint density at radius 2 is 2.50 bits per heavy atom. The lowest BCUT2D eigenvalue weighted by atomic mass is 9.90. The van der Waals surface area contributed by atoms with Gasteiger partial charge >= 0.3 is 5.91 Å². The van der Waals surface area contributed by atoms with Crippen molar-refractivity contribution in [3.05, 3.63) is 11.6 Å². The standard InChI is InChI=1S/C8H13NO/c1-6-2-4-7(5-3-6)8(9)10/h2,7H,3-5H2,1H3,(H2,9,10)/p+1. The molecule has 0 aromatic heterocycles. The Labute approximate surface area is 61.1 Å². The Bertz CT molecular complexity index is 172. The first-order valence-corrected chi connectivity index (χ1v) is 3.71. The minimum atomic E-state index is 0.101. The summed E-state index contributed by atoms with van der Waals surface area (Å²) in [6.07, 6.45) is 5.14. The van der Waals surface area contributed by atoms with E-state index in [-0.39, 0.29) is 11.8 Å². The van der Waals surface area contributed by atoms with Crippen LogP contribution in [0.15, 0.2) is 11.6 Å². The predicted molar refractivity (Wildman–Crippen MR) is 39.0 cm³/mol. The summed E-state index contributed by atoms with van der Waals surface area (Å²) >= 11 is 0. The molecule has 0 fully saturated rings. The van der Waals surface area contributed by atoms with Crippen LogP contribution in [0.25, 0.3) is 0 Å². The molecule has 0 aromatic rings. The van der Waals surface area contributed by atoms with Crippen molar-refractivity contribution in [1.82, 2.24) is 0 Å². The first-order chi connectivity index (χ1) is 4.70. The Hall–Kier alpha value is -0.630. The van der Waals surface area contributed by atoms with E-state index in [1.54, 1.807) is 0 Å². The fourth-order valence-corrected chi connectivity index (χ4v) is 1.26. The van der Waals surface area contributed by atoms with Gasteiger partial charge < -0.3 is 0 Å². The second kappa shape index (κ2) is 2.97. The molecule has 1 atom stereocenters. The summed E-state index contributed by atoms with van der Waals surface area (Å²) in [7, 11) is 0. The molecule has 0 aromatic carbocycles. The van der Waals surface area contributed by atoms with E-state index in [9.17, 15) is 4.79 Å². The fraction of sp³-hybridized carbons (Fsp3) is 0.625. The van der Waals surface area contributed by atoms with Gasteiger partial charge in [0.15, 0.2) is 0 Å². The van der Waals surface area contributed by atoms with E-state index >= 15 is 0 Å². The maximum absolute atomic E-state index is 10.8. The zero-order chi connectivity index (χ0) is 7.56. The normalized spacial score (nSPS) is 25.8. The zero-order valence-electron chi connectivity index (χ0n) is 6.39. The maximum Gasteiger partial charge on any atom is 0.312 e. The van der Waals surface area contributed by atoms with E-state index in [0.29, 0.717) is 0 Å². The molecule has 0 heterocycles. The second-order valence-corrected chi connectivity index (χ2v) is 2.99. The smallest absolute Gasteiger partial charge is 0.294 e. The van der Waals surface area contributed by atoms with Crippen molar-refractivity contribution in [2.24, 2.45) is 5.92 Å². The van der Waals surface area contributed by atoms with Crippen molar-refractivity contribution >= 4 is 5.91 Å². The fourth-order valence-electron chi connectivity index (χ4n) is 1.26. The highest BCUT2D eigenvalue weighted by molar-refractivity contribution is 5.68. The van der Waals surface area contributed by atoms with Gasteiger partial charge in [0.05, 0.1) is 5.92 Å². The summed E-state index contributed by atoms with van der Waals surface area (Å²) in [5.41, 5.74) is 4.83. The third-order valence-corrected chi connectivity index (χ3v) is 2.09. The lowest BCUT2D eigenvalue weighted by Gasteiger charge is -2.14. The summed E-state index contributed by atoms with van der Waals surface area (Å²) in [4.78, 5) is 10.8. The molecule has 1 rings (SSSR count). The van der Waals surface area contributed by atoms with Gasteiger partial charge in [0, 0.05) is 0 Å². The Morgan fingerprint density at radius 1 is 1.80 bits per heavy atom. The van der Waals surface area contributed by atoms with Gasteiger partial charge in [-0.05, 0) is 26.2 Å². The van der Waals surface area contributed by atoms with Crippen LogP contribution in [-0.4, -0.2) is 5.91 Å². The van der Waals surface area contributed by atoms with Crippen LogP contribution in [0.1, 0.15) is 26.2 Å². The van der Waals surface area contributed by atoms with Crippen molar-refractivity contribution in [3.8, 4) is 0 Å². The largest absolute Gasteiger partial charge is 0.312 e. The van der Waals surface area contributed by atoms with E-state index in [2.05, 4.69) is 18.7 Å². The molecule has 1 amide bonds. The van der Waals surface area contributed by atoms with Crippen molar-refractivity contribution < 1.29 is 10.5 Å². The van der Waals surface area contributed by atoms with Crippen LogP contribution in [-0.2, 0) is 4.79 Å². The Balaban J connectivity index is 2.50. The Morgan fingerprint density at radius 3 is 2.90 bits per heavy atom. The van der Waals surface area contributed by atoms with E-state index in [4.69, 9.17) is 0 Å². The van der Waals surface area contributed by atoms with Gasteiger partial charge in [-0.1, -0.05) is 11.6 Å². The van der Waals surface area contributed by atoms with Crippen LogP contribution in [0.2, 0.25) is 0 Å². The molecule has 0 saturated carbocycles. The average molecular weight is 140 g/mol. The second-order valence-electron chi connectivity index (χ2n) is 2.99. The molecule has 1 unspecified atom stereocenters. The van der Waals surface area contributed by atoms with E-state index in [1.807, 2.05) is 0 Å². The molecule has 0 bridgehead atoms. The SMILES string of the molecule is CC1=CCC(C([NH3+])=O)CC1. The summed E-state index contributed by atoms with van der Waals surface area (Å²) in [6.45, 7) is 2.11. The molecular weight excluding hydrogens is 126 g/mol. The molecule has 1 aliphatic carbocycles. The number of amides is 1. The van der Waals surface area contributed by atoms with Gasteiger partial charge in [0.25, 0.3) is 0 Å². The van der Waals surface area contributed by atoms with Crippen LogP contribution in [0.4, 0.5) is 0 Å². The van der Waals surface area contributed by atoms with E-state index in [0.717, 1.165) is 19.3 Å². The molecule has 2 heteroatoms. The lowest BCUT2D eigenvalue weighted by Crippen LogP contribution is -2.60. The number of hydrogen-bond acceptors (Lipinski definition) is 1. The van der Waals surface area contributed by atoms with Gasteiger partial charge in [0.1, 0.15) is 0 Å². The van der Waals surface area contributed by atoms with Crippen LogP contribution < -0.4 is 5.73 Å². The van der Waals surface area contributed by atoms with Crippen LogP contribution in [0.5, 0.6) is 0 Å². The zero-order valence-corrected chi connectivity index (χ0v) is 6.39. The number of hydrogen-bond donors (Lipinski definition) is 1. The molecule has 3 N–H and O–H groups in total. The highest BCUT2D eigenvalue weighted by atomic mass is 16.1. The van der Waals surface area contributed by atoms with Crippen LogP contribution >= 0.6 is 0 Å². The minimum absolute atomic E-state index is 0.101. The Kier molecular flexibility index (Phi) is 2.22. The molecule has 0 spiro atoms. The predicted octanol–water partition coefficient (Wildman–Crippen LogP) is 0.501. The number of carbonyl (C=O) groups excluding carboxylic acids is 1. The van der Waals surface area contributed by atoms with Gasteiger partial charge in [-0.15, -0.1) is 0 Å². The van der Waals surface area contributed by atoms with Crippen molar-refractivity contribution in [2.75, 3.05) is 0 Å². The van der Waals surface area contributed by atoms with E-state index in [1.165, 1.54) is 5.57 Å². The summed E-state index contributed by atoms with van der Waals surface area (Å²) in [5.74, 6) is 0.312. The molecule has 0 saturated heterocycles. The summed E-state index contributed by atoms with van der Waals surface area (Å²) in [6, 6.07) is 0. The van der Waals surface area contributed by atoms with Crippen molar-refractivity contribution in [3.63, 3.8) is 0 Å². The molecule has 2 nitrogen and oxygen atoms in total. The first kappa shape index (κ1) is 7.48. The lowest BCUT2D eigenvalue weighted by molar-refractivity contribution is -0.311.